The van der Waals surface area contributed by atoms with Gasteiger partial charge < -0.3 is 15.5 Å². The lowest BCUT2D eigenvalue weighted by atomic mass is 9.94. The first-order chi connectivity index (χ1) is 10.2. The third-order valence-electron chi connectivity index (χ3n) is 5.07. The molecular formula is C17H33N3O. The fourth-order valence-corrected chi connectivity index (χ4v) is 3.56. The molecule has 0 spiro atoms. The Bertz CT molecular complexity index is 292. The van der Waals surface area contributed by atoms with Crippen LogP contribution in [0.25, 0.3) is 0 Å². The molecule has 1 heterocycles. The first-order valence-electron chi connectivity index (χ1n) is 8.92. The van der Waals surface area contributed by atoms with Crippen LogP contribution in [-0.4, -0.2) is 50.1 Å². The molecule has 2 fully saturated rings. The Labute approximate surface area is 130 Å². The van der Waals surface area contributed by atoms with Gasteiger partial charge in [-0.1, -0.05) is 25.7 Å². The number of amides is 1. The predicted molar refractivity (Wildman–Crippen MR) is 87.3 cm³/mol. The SMILES string of the molecule is CN1CCC(CCNCC(=O)NC2CCCCCC2)CC1. The lowest BCUT2D eigenvalue weighted by molar-refractivity contribution is -0.121. The van der Waals surface area contributed by atoms with Crippen LogP contribution in [0.1, 0.15) is 57.8 Å². The van der Waals surface area contributed by atoms with Crippen molar-refractivity contribution in [3.8, 4) is 0 Å². The number of nitrogens with zero attached hydrogens (tertiary/aromatic N) is 1. The Morgan fingerprint density at radius 1 is 1.05 bits per heavy atom. The normalized spacial score (nSPS) is 22.9. The van der Waals surface area contributed by atoms with Crippen LogP contribution in [0.15, 0.2) is 0 Å². The van der Waals surface area contributed by atoms with E-state index in [-0.39, 0.29) is 5.91 Å². The van der Waals surface area contributed by atoms with E-state index in [9.17, 15) is 4.79 Å². The van der Waals surface area contributed by atoms with Crippen LogP contribution >= 0.6 is 0 Å². The minimum Gasteiger partial charge on any atom is -0.352 e. The van der Waals surface area contributed by atoms with Crippen LogP contribution in [0.4, 0.5) is 0 Å². The summed E-state index contributed by atoms with van der Waals surface area (Å²) in [4.78, 5) is 14.3. The van der Waals surface area contributed by atoms with Gasteiger partial charge in [0.05, 0.1) is 6.54 Å². The molecule has 0 aromatic rings. The minimum atomic E-state index is 0.185. The summed E-state index contributed by atoms with van der Waals surface area (Å²) in [6, 6.07) is 0.427. The molecule has 0 atom stereocenters. The zero-order valence-corrected chi connectivity index (χ0v) is 13.7. The third kappa shape index (κ3) is 6.79. The summed E-state index contributed by atoms with van der Waals surface area (Å²) in [6.07, 6.45) is 11.4. The average Bonchev–Trinajstić information content (AvgIpc) is 2.74. The molecule has 4 heteroatoms. The van der Waals surface area contributed by atoms with Gasteiger partial charge in [0.25, 0.3) is 0 Å². The molecule has 2 aliphatic rings. The standard InChI is InChI=1S/C17H33N3O/c1-20-12-9-15(10-13-20)8-11-18-14-17(21)19-16-6-4-2-3-5-7-16/h15-16,18H,2-14H2,1H3,(H,19,21). The van der Waals surface area contributed by atoms with Crippen LogP contribution < -0.4 is 10.6 Å². The van der Waals surface area contributed by atoms with Gasteiger partial charge in [-0.15, -0.1) is 0 Å². The first-order valence-corrected chi connectivity index (χ1v) is 8.92. The third-order valence-corrected chi connectivity index (χ3v) is 5.07. The quantitative estimate of drug-likeness (QED) is 0.583. The number of rotatable bonds is 6. The molecule has 1 saturated heterocycles. The smallest absolute Gasteiger partial charge is 0.234 e. The van der Waals surface area contributed by atoms with Crippen LogP contribution in [-0.2, 0) is 4.79 Å². The fourth-order valence-electron chi connectivity index (χ4n) is 3.56. The number of carbonyl (C=O) groups excluding carboxylic acids is 1. The highest BCUT2D eigenvalue weighted by atomic mass is 16.1. The molecule has 1 amide bonds. The molecule has 0 aromatic carbocycles. The molecule has 1 aliphatic heterocycles. The molecule has 2 rings (SSSR count). The summed E-state index contributed by atoms with van der Waals surface area (Å²) < 4.78 is 0. The highest BCUT2D eigenvalue weighted by molar-refractivity contribution is 5.78. The fraction of sp³-hybridized carbons (Fsp3) is 0.941. The maximum absolute atomic E-state index is 11.9. The molecule has 4 nitrogen and oxygen atoms in total. The van der Waals surface area contributed by atoms with Crippen molar-refractivity contribution in [1.29, 1.82) is 0 Å². The van der Waals surface area contributed by atoms with Crippen molar-refractivity contribution >= 4 is 5.91 Å². The van der Waals surface area contributed by atoms with Crippen molar-refractivity contribution in [3.05, 3.63) is 0 Å². The van der Waals surface area contributed by atoms with Gasteiger partial charge in [0, 0.05) is 6.04 Å². The van der Waals surface area contributed by atoms with Crippen LogP contribution in [0.5, 0.6) is 0 Å². The topological polar surface area (TPSA) is 44.4 Å². The maximum Gasteiger partial charge on any atom is 0.234 e. The van der Waals surface area contributed by atoms with Gasteiger partial charge in [0.2, 0.25) is 5.91 Å². The number of hydrogen-bond donors (Lipinski definition) is 2. The van der Waals surface area contributed by atoms with Crippen molar-refractivity contribution in [2.45, 2.75) is 63.8 Å². The number of piperidine rings is 1. The van der Waals surface area contributed by atoms with Gasteiger partial charge in [-0.3, -0.25) is 4.79 Å². The van der Waals surface area contributed by atoms with Crippen LogP contribution in [0.2, 0.25) is 0 Å². The van der Waals surface area contributed by atoms with E-state index in [0.29, 0.717) is 12.6 Å². The number of carbonyl (C=O) groups is 1. The summed E-state index contributed by atoms with van der Waals surface area (Å²) in [7, 11) is 2.20. The largest absolute Gasteiger partial charge is 0.352 e. The minimum absolute atomic E-state index is 0.185. The second-order valence-electron chi connectivity index (χ2n) is 6.97. The van der Waals surface area contributed by atoms with Crippen LogP contribution in [0, 0.1) is 5.92 Å². The molecule has 1 aliphatic carbocycles. The zero-order valence-electron chi connectivity index (χ0n) is 13.7. The predicted octanol–water partition coefficient (Wildman–Crippen LogP) is 2.15. The highest BCUT2D eigenvalue weighted by Crippen LogP contribution is 2.19. The van der Waals surface area contributed by atoms with E-state index in [1.54, 1.807) is 0 Å². The van der Waals surface area contributed by atoms with E-state index in [0.717, 1.165) is 12.5 Å². The van der Waals surface area contributed by atoms with E-state index in [1.807, 2.05) is 0 Å². The summed E-state index contributed by atoms with van der Waals surface area (Å²) in [5.41, 5.74) is 0. The molecule has 0 bridgehead atoms. The molecular weight excluding hydrogens is 262 g/mol. The van der Waals surface area contributed by atoms with E-state index < -0.39 is 0 Å². The van der Waals surface area contributed by atoms with Crippen molar-refractivity contribution in [3.63, 3.8) is 0 Å². The van der Waals surface area contributed by atoms with Crippen molar-refractivity contribution in [2.24, 2.45) is 5.92 Å². The summed E-state index contributed by atoms with van der Waals surface area (Å²) >= 11 is 0. The number of nitrogens with one attached hydrogen (secondary N) is 2. The van der Waals surface area contributed by atoms with Crippen molar-refractivity contribution in [1.82, 2.24) is 15.5 Å². The molecule has 1 saturated carbocycles. The lowest BCUT2D eigenvalue weighted by Gasteiger charge is -2.28. The highest BCUT2D eigenvalue weighted by Gasteiger charge is 2.17. The summed E-state index contributed by atoms with van der Waals surface area (Å²) in [5, 5.41) is 6.52. The second kappa shape index (κ2) is 9.42. The molecule has 0 unspecified atom stereocenters. The van der Waals surface area contributed by atoms with E-state index in [1.165, 1.54) is 70.9 Å². The van der Waals surface area contributed by atoms with Gasteiger partial charge in [-0.05, 0) is 64.7 Å². The van der Waals surface area contributed by atoms with E-state index in [4.69, 9.17) is 0 Å². The Morgan fingerprint density at radius 2 is 1.71 bits per heavy atom. The van der Waals surface area contributed by atoms with Crippen molar-refractivity contribution < 1.29 is 4.79 Å². The van der Waals surface area contributed by atoms with E-state index >= 15 is 0 Å². The van der Waals surface area contributed by atoms with Gasteiger partial charge in [0.15, 0.2) is 0 Å². The molecule has 0 aromatic heterocycles. The number of likely N-dealkylation sites (tertiary alicyclic amines) is 1. The van der Waals surface area contributed by atoms with Crippen molar-refractivity contribution in [2.75, 3.05) is 33.2 Å². The molecule has 2 N–H and O–H groups in total. The Kier molecular flexibility index (Phi) is 7.51. The summed E-state index contributed by atoms with van der Waals surface area (Å²) in [5.74, 6) is 1.03. The first kappa shape index (κ1) is 16.8. The Balaban J connectivity index is 1.50. The molecule has 21 heavy (non-hydrogen) atoms. The molecule has 122 valence electrons. The second-order valence-corrected chi connectivity index (χ2v) is 6.97. The number of hydrogen-bond acceptors (Lipinski definition) is 3. The summed E-state index contributed by atoms with van der Waals surface area (Å²) in [6.45, 7) is 3.93. The average molecular weight is 295 g/mol. The van der Waals surface area contributed by atoms with Crippen LogP contribution in [0.3, 0.4) is 0 Å². The van der Waals surface area contributed by atoms with E-state index in [2.05, 4.69) is 22.6 Å². The lowest BCUT2D eigenvalue weighted by Crippen LogP contribution is -2.40. The molecule has 0 radical (unpaired) electrons. The van der Waals surface area contributed by atoms with Gasteiger partial charge in [-0.25, -0.2) is 0 Å². The zero-order chi connectivity index (χ0) is 14.9. The monoisotopic (exact) mass is 295 g/mol. The Morgan fingerprint density at radius 3 is 2.38 bits per heavy atom. The van der Waals surface area contributed by atoms with Gasteiger partial charge in [0.1, 0.15) is 0 Å². The Hall–Kier alpha value is -0.610. The van der Waals surface area contributed by atoms with Gasteiger partial charge in [-0.2, -0.15) is 0 Å². The maximum atomic E-state index is 11.9. The van der Waals surface area contributed by atoms with Gasteiger partial charge >= 0.3 is 0 Å².